The molecule has 0 radical (unpaired) electrons. The van der Waals surface area contributed by atoms with Crippen molar-refractivity contribution in [3.05, 3.63) is 24.0 Å². The molecule has 0 unspecified atom stereocenters. The molecule has 2 heterocycles. The second kappa shape index (κ2) is 5.01. The number of rotatable bonds is 3. The van der Waals surface area contributed by atoms with E-state index < -0.39 is 9.84 Å². The molecule has 6 heteroatoms. The maximum Gasteiger partial charge on any atom is 0.152 e. The number of nitrogens with zero attached hydrogens (tertiary/aromatic N) is 2. The maximum atomic E-state index is 11.3. The van der Waals surface area contributed by atoms with E-state index >= 15 is 0 Å². The molecule has 5 nitrogen and oxygen atoms in total. The van der Waals surface area contributed by atoms with E-state index in [1.165, 1.54) is 0 Å². The van der Waals surface area contributed by atoms with Crippen molar-refractivity contribution in [2.45, 2.75) is 6.54 Å². The predicted octanol–water partition coefficient (Wildman–Crippen LogP) is 0.321. The maximum absolute atomic E-state index is 11.3. The van der Waals surface area contributed by atoms with Gasteiger partial charge >= 0.3 is 0 Å². The minimum Gasteiger partial charge on any atom is -0.497 e. The molecule has 1 aromatic heterocycles. The summed E-state index contributed by atoms with van der Waals surface area (Å²) in [6, 6.07) is 3.67. The van der Waals surface area contributed by atoms with Gasteiger partial charge in [0, 0.05) is 31.9 Å². The van der Waals surface area contributed by atoms with Gasteiger partial charge in [-0.1, -0.05) is 0 Å². The highest BCUT2D eigenvalue weighted by molar-refractivity contribution is 7.91. The molecule has 0 aromatic carbocycles. The lowest BCUT2D eigenvalue weighted by Crippen LogP contribution is -2.39. The number of methoxy groups -OCH3 is 1. The zero-order chi connectivity index (χ0) is 12.3. The van der Waals surface area contributed by atoms with Crippen molar-refractivity contribution >= 4 is 9.84 Å². The average Bonchev–Trinajstić information content (AvgIpc) is 2.32. The molecule has 1 aliphatic rings. The Labute approximate surface area is 101 Å². The Hall–Kier alpha value is -1.14. The Morgan fingerprint density at radius 3 is 2.76 bits per heavy atom. The molecule has 0 aliphatic carbocycles. The standard InChI is InChI=1S/C11H16N2O3S/c1-16-11-2-3-12-10(8-11)9-13-4-6-17(14,15)7-5-13/h2-3,8H,4-7,9H2,1H3. The van der Waals surface area contributed by atoms with Crippen molar-refractivity contribution in [2.75, 3.05) is 31.7 Å². The summed E-state index contributed by atoms with van der Waals surface area (Å²) in [5.74, 6) is 1.27. The topological polar surface area (TPSA) is 59.5 Å². The molecule has 1 saturated heterocycles. The van der Waals surface area contributed by atoms with Gasteiger partial charge in [-0.3, -0.25) is 9.88 Å². The fourth-order valence-electron chi connectivity index (χ4n) is 1.81. The summed E-state index contributed by atoms with van der Waals surface area (Å²) >= 11 is 0. The number of hydrogen-bond acceptors (Lipinski definition) is 5. The first-order chi connectivity index (χ1) is 8.09. The van der Waals surface area contributed by atoms with E-state index in [1.54, 1.807) is 19.4 Å². The van der Waals surface area contributed by atoms with E-state index in [9.17, 15) is 8.42 Å². The van der Waals surface area contributed by atoms with E-state index in [2.05, 4.69) is 9.88 Å². The van der Waals surface area contributed by atoms with Gasteiger partial charge in [-0.2, -0.15) is 0 Å². The molecule has 0 saturated carbocycles. The van der Waals surface area contributed by atoms with Crippen LogP contribution in [0.5, 0.6) is 5.75 Å². The zero-order valence-electron chi connectivity index (χ0n) is 9.80. The molecular formula is C11H16N2O3S. The molecule has 94 valence electrons. The molecule has 1 fully saturated rings. The molecule has 0 spiro atoms. The lowest BCUT2D eigenvalue weighted by Gasteiger charge is -2.26. The van der Waals surface area contributed by atoms with Crippen molar-refractivity contribution in [3.8, 4) is 5.75 Å². The second-order valence-corrected chi connectivity index (χ2v) is 6.42. The molecule has 17 heavy (non-hydrogen) atoms. The van der Waals surface area contributed by atoms with E-state index in [-0.39, 0.29) is 11.5 Å². The van der Waals surface area contributed by atoms with Crippen LogP contribution in [0.3, 0.4) is 0 Å². The SMILES string of the molecule is COc1ccnc(CN2CCS(=O)(=O)CC2)c1. The van der Waals surface area contributed by atoms with Crippen molar-refractivity contribution < 1.29 is 13.2 Å². The van der Waals surface area contributed by atoms with Gasteiger partial charge in [0.2, 0.25) is 0 Å². The van der Waals surface area contributed by atoms with Gasteiger partial charge in [-0.15, -0.1) is 0 Å². The molecule has 2 rings (SSSR count). The Morgan fingerprint density at radius 2 is 2.12 bits per heavy atom. The highest BCUT2D eigenvalue weighted by Crippen LogP contribution is 2.13. The van der Waals surface area contributed by atoms with Crippen LogP contribution in [-0.4, -0.2) is 50.0 Å². The van der Waals surface area contributed by atoms with Crippen LogP contribution in [0.15, 0.2) is 18.3 Å². The third kappa shape index (κ3) is 3.41. The third-order valence-electron chi connectivity index (χ3n) is 2.85. The van der Waals surface area contributed by atoms with E-state index in [0.717, 1.165) is 11.4 Å². The first kappa shape index (κ1) is 12.3. The number of hydrogen-bond donors (Lipinski definition) is 0. The van der Waals surface area contributed by atoms with Crippen LogP contribution in [0, 0.1) is 0 Å². The predicted molar refractivity (Wildman–Crippen MR) is 64.7 cm³/mol. The first-order valence-corrected chi connectivity index (χ1v) is 7.33. The fraction of sp³-hybridized carbons (Fsp3) is 0.545. The van der Waals surface area contributed by atoms with Gasteiger partial charge in [0.1, 0.15) is 5.75 Å². The minimum atomic E-state index is -2.81. The van der Waals surface area contributed by atoms with Crippen LogP contribution >= 0.6 is 0 Å². The number of aromatic nitrogens is 1. The first-order valence-electron chi connectivity index (χ1n) is 5.51. The summed E-state index contributed by atoms with van der Waals surface area (Å²) < 4.78 is 27.7. The molecule has 0 bridgehead atoms. The van der Waals surface area contributed by atoms with Crippen LogP contribution in [-0.2, 0) is 16.4 Å². The lowest BCUT2D eigenvalue weighted by molar-refractivity contribution is 0.283. The van der Waals surface area contributed by atoms with E-state index in [4.69, 9.17) is 4.74 Å². The van der Waals surface area contributed by atoms with Gasteiger partial charge in [0.25, 0.3) is 0 Å². The summed E-state index contributed by atoms with van der Waals surface area (Å²) in [7, 11) is -1.19. The average molecular weight is 256 g/mol. The van der Waals surface area contributed by atoms with Crippen molar-refractivity contribution in [1.82, 2.24) is 9.88 Å². The van der Waals surface area contributed by atoms with Gasteiger partial charge in [-0.25, -0.2) is 8.42 Å². The fourth-order valence-corrected chi connectivity index (χ4v) is 3.08. The quantitative estimate of drug-likeness (QED) is 0.779. The number of sulfone groups is 1. The highest BCUT2D eigenvalue weighted by Gasteiger charge is 2.21. The monoisotopic (exact) mass is 256 g/mol. The highest BCUT2D eigenvalue weighted by atomic mass is 32.2. The summed E-state index contributed by atoms with van der Waals surface area (Å²) in [6.07, 6.45) is 1.70. The minimum absolute atomic E-state index is 0.247. The smallest absolute Gasteiger partial charge is 0.152 e. The van der Waals surface area contributed by atoms with E-state index in [1.807, 2.05) is 6.07 Å². The Morgan fingerprint density at radius 1 is 1.41 bits per heavy atom. The largest absolute Gasteiger partial charge is 0.497 e. The van der Waals surface area contributed by atoms with Gasteiger partial charge in [0.05, 0.1) is 24.3 Å². The van der Waals surface area contributed by atoms with Crippen LogP contribution in [0.2, 0.25) is 0 Å². The van der Waals surface area contributed by atoms with Gasteiger partial charge < -0.3 is 4.74 Å². The van der Waals surface area contributed by atoms with Crippen LogP contribution in [0.25, 0.3) is 0 Å². The van der Waals surface area contributed by atoms with Crippen molar-refractivity contribution in [3.63, 3.8) is 0 Å². The van der Waals surface area contributed by atoms with Gasteiger partial charge in [0.15, 0.2) is 9.84 Å². The van der Waals surface area contributed by atoms with Crippen molar-refractivity contribution in [2.24, 2.45) is 0 Å². The molecule has 1 aromatic rings. The third-order valence-corrected chi connectivity index (χ3v) is 4.46. The second-order valence-electron chi connectivity index (χ2n) is 4.11. The molecule has 0 N–H and O–H groups in total. The van der Waals surface area contributed by atoms with Crippen LogP contribution < -0.4 is 4.74 Å². The normalized spacial score (nSPS) is 20.1. The van der Waals surface area contributed by atoms with E-state index in [0.29, 0.717) is 19.6 Å². The van der Waals surface area contributed by atoms with Gasteiger partial charge in [-0.05, 0) is 6.07 Å². The summed E-state index contributed by atoms with van der Waals surface area (Å²) in [4.78, 5) is 6.35. The Bertz CT molecular complexity index is 473. The number of pyridine rings is 1. The number of ether oxygens (including phenoxy) is 1. The molecule has 1 aliphatic heterocycles. The molecule has 0 amide bonds. The van der Waals surface area contributed by atoms with Crippen LogP contribution in [0.1, 0.15) is 5.69 Å². The molecular weight excluding hydrogens is 240 g/mol. The molecule has 0 atom stereocenters. The summed E-state index contributed by atoms with van der Waals surface area (Å²) in [6.45, 7) is 1.84. The zero-order valence-corrected chi connectivity index (χ0v) is 10.6. The Kier molecular flexibility index (Phi) is 3.63. The summed E-state index contributed by atoms with van der Waals surface area (Å²) in [5.41, 5.74) is 0.906. The Balaban J connectivity index is 1.97. The lowest BCUT2D eigenvalue weighted by atomic mass is 10.3. The van der Waals surface area contributed by atoms with Crippen molar-refractivity contribution in [1.29, 1.82) is 0 Å². The van der Waals surface area contributed by atoms with Crippen LogP contribution in [0.4, 0.5) is 0 Å². The summed E-state index contributed by atoms with van der Waals surface area (Å²) in [5, 5.41) is 0.